The molecule has 1 aliphatic rings. The van der Waals surface area contributed by atoms with E-state index in [2.05, 4.69) is 20.8 Å². The molecule has 1 fully saturated rings. The van der Waals surface area contributed by atoms with Crippen LogP contribution in [-0.2, 0) is 4.79 Å². The van der Waals surface area contributed by atoms with E-state index in [9.17, 15) is 4.79 Å². The van der Waals surface area contributed by atoms with E-state index in [1.54, 1.807) is 0 Å². The Morgan fingerprint density at radius 1 is 1.35 bits per heavy atom. The zero-order valence-corrected chi connectivity index (χ0v) is 11.6. The topological polar surface area (TPSA) is 46.3 Å². The number of carbonyl (C=O) groups excluding carboxylic acids is 1. The summed E-state index contributed by atoms with van der Waals surface area (Å²) in [5, 5.41) is 0. The summed E-state index contributed by atoms with van der Waals surface area (Å²) in [6, 6.07) is 0. The molecule has 1 saturated heterocycles. The Bertz CT molecular complexity index is 232. The fourth-order valence-electron chi connectivity index (χ4n) is 2.74. The van der Waals surface area contributed by atoms with Gasteiger partial charge in [0.05, 0.1) is 5.92 Å². The van der Waals surface area contributed by atoms with Crippen molar-refractivity contribution in [3.8, 4) is 0 Å². The average molecular weight is 240 g/mol. The maximum Gasteiger partial charge on any atom is 0.226 e. The molecule has 2 N–H and O–H groups in total. The predicted molar refractivity (Wildman–Crippen MR) is 71.6 cm³/mol. The molecule has 1 heterocycles. The predicted octanol–water partition coefficient (Wildman–Crippen LogP) is 2.26. The third kappa shape index (κ3) is 3.98. The van der Waals surface area contributed by atoms with E-state index in [1.807, 2.05) is 4.90 Å². The molecule has 3 heteroatoms. The molecule has 0 saturated carbocycles. The molecule has 0 aromatic rings. The van der Waals surface area contributed by atoms with Crippen LogP contribution in [0, 0.1) is 17.8 Å². The molecule has 3 nitrogen and oxygen atoms in total. The van der Waals surface area contributed by atoms with Gasteiger partial charge in [0, 0.05) is 19.6 Å². The maximum atomic E-state index is 12.2. The molecular weight excluding hydrogens is 212 g/mol. The minimum Gasteiger partial charge on any atom is -0.342 e. The number of hydrogen-bond donors (Lipinski definition) is 1. The van der Waals surface area contributed by atoms with Crippen LogP contribution in [0.25, 0.3) is 0 Å². The normalized spacial score (nSPS) is 19.7. The third-order valence-corrected chi connectivity index (χ3v) is 4.06. The SMILES string of the molecule is CCCC(CN)C(=O)N1CCC(C(C)C)CC1. The highest BCUT2D eigenvalue weighted by molar-refractivity contribution is 5.79. The van der Waals surface area contributed by atoms with Crippen molar-refractivity contribution in [2.75, 3.05) is 19.6 Å². The van der Waals surface area contributed by atoms with E-state index >= 15 is 0 Å². The summed E-state index contributed by atoms with van der Waals surface area (Å²) in [4.78, 5) is 14.3. The summed E-state index contributed by atoms with van der Waals surface area (Å²) in [7, 11) is 0. The molecule has 1 atom stereocenters. The van der Waals surface area contributed by atoms with Gasteiger partial charge in [0.25, 0.3) is 0 Å². The lowest BCUT2D eigenvalue weighted by Gasteiger charge is -2.35. The molecule has 0 spiro atoms. The highest BCUT2D eigenvalue weighted by Gasteiger charge is 2.27. The van der Waals surface area contributed by atoms with Crippen molar-refractivity contribution >= 4 is 5.91 Å². The Morgan fingerprint density at radius 3 is 2.35 bits per heavy atom. The molecule has 0 bridgehead atoms. The van der Waals surface area contributed by atoms with Gasteiger partial charge in [0.2, 0.25) is 5.91 Å². The second-order valence-electron chi connectivity index (χ2n) is 5.63. The number of nitrogens with zero attached hydrogens (tertiary/aromatic N) is 1. The summed E-state index contributed by atoms with van der Waals surface area (Å²) >= 11 is 0. The van der Waals surface area contributed by atoms with Crippen LogP contribution >= 0.6 is 0 Å². The van der Waals surface area contributed by atoms with Crippen LogP contribution in [0.5, 0.6) is 0 Å². The lowest BCUT2D eigenvalue weighted by atomic mass is 9.86. The van der Waals surface area contributed by atoms with Crippen molar-refractivity contribution in [2.24, 2.45) is 23.5 Å². The van der Waals surface area contributed by atoms with Gasteiger partial charge in [-0.3, -0.25) is 4.79 Å². The molecule has 1 amide bonds. The summed E-state index contributed by atoms with van der Waals surface area (Å²) < 4.78 is 0. The van der Waals surface area contributed by atoms with Crippen LogP contribution in [-0.4, -0.2) is 30.4 Å². The van der Waals surface area contributed by atoms with E-state index < -0.39 is 0 Å². The fourth-order valence-corrected chi connectivity index (χ4v) is 2.74. The molecule has 0 aromatic carbocycles. The van der Waals surface area contributed by atoms with Gasteiger partial charge in [-0.2, -0.15) is 0 Å². The summed E-state index contributed by atoms with van der Waals surface area (Å²) in [5.74, 6) is 1.88. The maximum absolute atomic E-state index is 12.2. The van der Waals surface area contributed by atoms with Crippen molar-refractivity contribution in [2.45, 2.75) is 46.5 Å². The Kier molecular flexibility index (Phi) is 5.96. The van der Waals surface area contributed by atoms with Gasteiger partial charge in [0.1, 0.15) is 0 Å². The summed E-state index contributed by atoms with van der Waals surface area (Å²) in [6.07, 6.45) is 4.29. The number of rotatable bonds is 5. The smallest absolute Gasteiger partial charge is 0.226 e. The minimum atomic E-state index is 0.0515. The van der Waals surface area contributed by atoms with Crippen LogP contribution in [0.15, 0.2) is 0 Å². The Morgan fingerprint density at radius 2 is 1.94 bits per heavy atom. The first kappa shape index (κ1) is 14.5. The highest BCUT2D eigenvalue weighted by Crippen LogP contribution is 2.25. The summed E-state index contributed by atoms with van der Waals surface area (Å²) in [5.41, 5.74) is 5.69. The second-order valence-corrected chi connectivity index (χ2v) is 5.63. The molecular formula is C14H28N2O. The van der Waals surface area contributed by atoms with Gasteiger partial charge in [-0.15, -0.1) is 0 Å². The van der Waals surface area contributed by atoms with Gasteiger partial charge in [-0.1, -0.05) is 27.2 Å². The van der Waals surface area contributed by atoms with E-state index in [0.717, 1.165) is 50.6 Å². The molecule has 0 radical (unpaired) electrons. The highest BCUT2D eigenvalue weighted by atomic mass is 16.2. The molecule has 17 heavy (non-hydrogen) atoms. The molecule has 0 aromatic heterocycles. The van der Waals surface area contributed by atoms with Crippen LogP contribution in [0.1, 0.15) is 46.5 Å². The van der Waals surface area contributed by atoms with Crippen molar-refractivity contribution in [3.63, 3.8) is 0 Å². The van der Waals surface area contributed by atoms with Gasteiger partial charge in [-0.25, -0.2) is 0 Å². The zero-order valence-electron chi connectivity index (χ0n) is 11.6. The van der Waals surface area contributed by atoms with Crippen molar-refractivity contribution in [1.82, 2.24) is 4.90 Å². The van der Waals surface area contributed by atoms with Gasteiger partial charge in [-0.05, 0) is 31.1 Å². The number of amides is 1. The second kappa shape index (κ2) is 7.00. The van der Waals surface area contributed by atoms with Crippen molar-refractivity contribution in [1.29, 1.82) is 0 Å². The molecule has 100 valence electrons. The number of hydrogen-bond acceptors (Lipinski definition) is 2. The number of likely N-dealkylation sites (tertiary alicyclic amines) is 1. The van der Waals surface area contributed by atoms with Gasteiger partial charge in [0.15, 0.2) is 0 Å². The van der Waals surface area contributed by atoms with Crippen LogP contribution in [0.4, 0.5) is 0 Å². The number of piperidine rings is 1. The lowest BCUT2D eigenvalue weighted by molar-refractivity contribution is -0.137. The van der Waals surface area contributed by atoms with Crippen LogP contribution in [0.3, 0.4) is 0 Å². The Hall–Kier alpha value is -0.570. The molecule has 0 aliphatic carbocycles. The minimum absolute atomic E-state index is 0.0515. The van der Waals surface area contributed by atoms with Crippen LogP contribution in [0.2, 0.25) is 0 Å². The Labute approximate surface area is 106 Å². The van der Waals surface area contributed by atoms with Crippen LogP contribution < -0.4 is 5.73 Å². The molecule has 1 aliphatic heterocycles. The first-order chi connectivity index (χ1) is 8.10. The quantitative estimate of drug-likeness (QED) is 0.801. The zero-order chi connectivity index (χ0) is 12.8. The molecule has 1 unspecified atom stereocenters. The van der Waals surface area contributed by atoms with E-state index in [0.29, 0.717) is 6.54 Å². The number of carbonyl (C=O) groups is 1. The lowest BCUT2D eigenvalue weighted by Crippen LogP contribution is -2.44. The third-order valence-electron chi connectivity index (χ3n) is 4.06. The van der Waals surface area contributed by atoms with E-state index in [1.165, 1.54) is 0 Å². The van der Waals surface area contributed by atoms with Gasteiger partial charge < -0.3 is 10.6 Å². The first-order valence-corrected chi connectivity index (χ1v) is 7.09. The van der Waals surface area contributed by atoms with Crippen molar-refractivity contribution < 1.29 is 4.79 Å². The fraction of sp³-hybridized carbons (Fsp3) is 0.929. The van der Waals surface area contributed by atoms with E-state index in [-0.39, 0.29) is 11.8 Å². The van der Waals surface area contributed by atoms with Gasteiger partial charge >= 0.3 is 0 Å². The standard InChI is InChI=1S/C14H28N2O/c1-4-5-13(10-15)14(17)16-8-6-12(7-9-16)11(2)3/h11-13H,4-10,15H2,1-3H3. The molecule has 1 rings (SSSR count). The van der Waals surface area contributed by atoms with Crippen molar-refractivity contribution in [3.05, 3.63) is 0 Å². The number of nitrogens with two attached hydrogens (primary N) is 1. The summed E-state index contributed by atoms with van der Waals surface area (Å²) in [6.45, 7) is 9.03. The Balaban J connectivity index is 2.44. The first-order valence-electron chi connectivity index (χ1n) is 7.09. The largest absolute Gasteiger partial charge is 0.342 e. The average Bonchev–Trinajstić information content (AvgIpc) is 2.35. The van der Waals surface area contributed by atoms with E-state index in [4.69, 9.17) is 5.73 Å². The monoisotopic (exact) mass is 240 g/mol.